The molecule has 0 aliphatic carbocycles. The number of ketones is 1. The van der Waals surface area contributed by atoms with Gasteiger partial charge in [0.25, 0.3) is 0 Å². The van der Waals surface area contributed by atoms with E-state index in [-0.39, 0.29) is 23.7 Å². The van der Waals surface area contributed by atoms with Crippen molar-refractivity contribution >= 4 is 24.5 Å². The predicted molar refractivity (Wildman–Crippen MR) is 86.7 cm³/mol. The first kappa shape index (κ1) is 17.6. The van der Waals surface area contributed by atoms with E-state index in [0.29, 0.717) is 12.2 Å². The van der Waals surface area contributed by atoms with Gasteiger partial charge in [-0.2, -0.15) is 12.6 Å². The molecule has 0 aliphatic rings. The third-order valence-corrected chi connectivity index (χ3v) is 3.80. The number of ether oxygens (including phenoxy) is 1. The highest BCUT2D eigenvalue weighted by Crippen LogP contribution is 2.18. The van der Waals surface area contributed by atoms with Crippen molar-refractivity contribution in [2.24, 2.45) is 11.8 Å². The van der Waals surface area contributed by atoms with Gasteiger partial charge in [-0.15, -0.1) is 0 Å². The molecule has 0 saturated heterocycles. The zero-order valence-electron chi connectivity index (χ0n) is 12.7. The van der Waals surface area contributed by atoms with Crippen molar-refractivity contribution in [3.63, 3.8) is 0 Å². The van der Waals surface area contributed by atoms with Crippen LogP contribution in [0.2, 0.25) is 0 Å². The summed E-state index contributed by atoms with van der Waals surface area (Å²) >= 11 is 4.29. The molecule has 0 aliphatic heterocycles. The third kappa shape index (κ3) is 5.42. The van der Waals surface area contributed by atoms with Gasteiger partial charge in [-0.1, -0.05) is 44.2 Å². The summed E-state index contributed by atoms with van der Waals surface area (Å²) in [7, 11) is 1.31. The van der Waals surface area contributed by atoms with Crippen molar-refractivity contribution in [3.05, 3.63) is 35.9 Å². The molecule has 5 heteroatoms. The van der Waals surface area contributed by atoms with Crippen LogP contribution in [0.25, 0.3) is 0 Å². The minimum atomic E-state index is -0.528. The number of carbonyl (C=O) groups excluding carboxylic acids is 2. The highest BCUT2D eigenvalue weighted by molar-refractivity contribution is 7.80. The van der Waals surface area contributed by atoms with Crippen LogP contribution >= 0.6 is 12.6 Å². The molecule has 21 heavy (non-hydrogen) atoms. The molecule has 0 saturated carbocycles. The minimum absolute atomic E-state index is 0.0973. The second-order valence-electron chi connectivity index (χ2n) is 5.28. The summed E-state index contributed by atoms with van der Waals surface area (Å²) in [6.45, 7) is 3.72. The van der Waals surface area contributed by atoms with E-state index >= 15 is 0 Å². The van der Waals surface area contributed by atoms with Crippen LogP contribution in [0.3, 0.4) is 0 Å². The lowest BCUT2D eigenvalue weighted by Gasteiger charge is -2.27. The van der Waals surface area contributed by atoms with Crippen LogP contribution in [0.4, 0.5) is 4.79 Å². The lowest BCUT2D eigenvalue weighted by molar-refractivity contribution is -0.125. The van der Waals surface area contributed by atoms with Crippen LogP contribution < -0.4 is 5.32 Å². The second-order valence-corrected chi connectivity index (χ2v) is 5.64. The van der Waals surface area contributed by atoms with Crippen molar-refractivity contribution < 1.29 is 14.3 Å². The molecule has 1 aromatic rings. The Hall–Kier alpha value is -1.49. The fourth-order valence-corrected chi connectivity index (χ4v) is 2.65. The Morgan fingerprint density at radius 1 is 1.24 bits per heavy atom. The van der Waals surface area contributed by atoms with Crippen LogP contribution in [0, 0.1) is 11.8 Å². The average Bonchev–Trinajstić information content (AvgIpc) is 2.48. The Bertz CT molecular complexity index is 462. The van der Waals surface area contributed by atoms with Crippen molar-refractivity contribution in [2.75, 3.05) is 12.9 Å². The Kier molecular flexibility index (Phi) is 7.29. The molecule has 1 N–H and O–H groups in total. The Balaban J connectivity index is 2.94. The summed E-state index contributed by atoms with van der Waals surface area (Å²) in [5.74, 6) is 0.0493. The third-order valence-electron chi connectivity index (χ3n) is 3.40. The zero-order chi connectivity index (χ0) is 15.8. The van der Waals surface area contributed by atoms with E-state index in [4.69, 9.17) is 0 Å². The Morgan fingerprint density at radius 3 is 2.33 bits per heavy atom. The van der Waals surface area contributed by atoms with Crippen molar-refractivity contribution in [3.8, 4) is 0 Å². The average molecular weight is 309 g/mol. The SMILES string of the molecule is COC(=O)NC(Cc1ccccc1)C(CS)C(=O)C(C)C. The number of alkyl carbamates (subject to hydrolysis) is 1. The van der Waals surface area contributed by atoms with Crippen molar-refractivity contribution in [2.45, 2.75) is 26.3 Å². The topological polar surface area (TPSA) is 55.4 Å². The Labute approximate surface area is 131 Å². The molecule has 0 fully saturated rings. The molecule has 2 atom stereocenters. The molecule has 0 aromatic heterocycles. The molecule has 116 valence electrons. The number of nitrogens with one attached hydrogen (secondary N) is 1. The van der Waals surface area contributed by atoms with E-state index in [2.05, 4.69) is 22.7 Å². The van der Waals surface area contributed by atoms with Gasteiger partial charge in [0.1, 0.15) is 5.78 Å². The summed E-state index contributed by atoms with van der Waals surface area (Å²) in [5, 5.41) is 2.77. The summed E-state index contributed by atoms with van der Waals surface area (Å²) < 4.78 is 4.67. The van der Waals surface area contributed by atoms with Crippen LogP contribution in [0.5, 0.6) is 0 Å². The zero-order valence-corrected chi connectivity index (χ0v) is 13.6. The molecule has 0 bridgehead atoms. The monoisotopic (exact) mass is 309 g/mol. The standard InChI is InChI=1S/C16H23NO3S/c1-11(2)15(18)13(10-21)14(17-16(19)20-3)9-12-7-5-4-6-8-12/h4-8,11,13-14,21H,9-10H2,1-3H3,(H,17,19). The number of amides is 1. The largest absolute Gasteiger partial charge is 0.453 e. The number of Topliss-reactive ketones (excluding diaryl/α,β-unsaturated/α-hetero) is 1. The first-order valence-electron chi connectivity index (χ1n) is 7.02. The van der Waals surface area contributed by atoms with Crippen LogP contribution in [0.1, 0.15) is 19.4 Å². The maximum atomic E-state index is 12.3. The van der Waals surface area contributed by atoms with Crippen molar-refractivity contribution in [1.29, 1.82) is 0 Å². The second kappa shape index (κ2) is 8.72. The number of thiol groups is 1. The van der Waals surface area contributed by atoms with Gasteiger partial charge in [-0.25, -0.2) is 4.79 Å². The number of hydrogen-bond acceptors (Lipinski definition) is 4. The number of rotatable bonds is 7. The normalized spacial score (nSPS) is 13.6. The molecular formula is C16H23NO3S. The van der Waals surface area contributed by atoms with Gasteiger partial charge in [0.2, 0.25) is 0 Å². The first-order chi connectivity index (χ1) is 9.99. The lowest BCUT2D eigenvalue weighted by Crippen LogP contribution is -2.46. The highest BCUT2D eigenvalue weighted by Gasteiger charge is 2.30. The number of benzene rings is 1. The fraction of sp³-hybridized carbons (Fsp3) is 0.500. The molecule has 0 spiro atoms. The quantitative estimate of drug-likeness (QED) is 0.762. The van der Waals surface area contributed by atoms with Crippen LogP contribution in [-0.2, 0) is 16.0 Å². The molecule has 4 nitrogen and oxygen atoms in total. The number of methoxy groups -OCH3 is 1. The van der Waals surface area contributed by atoms with Gasteiger partial charge in [-0.05, 0) is 12.0 Å². The van der Waals surface area contributed by atoms with E-state index in [1.807, 2.05) is 44.2 Å². The molecule has 2 unspecified atom stereocenters. The molecule has 1 rings (SSSR count). The number of carbonyl (C=O) groups is 2. The van der Waals surface area contributed by atoms with Gasteiger partial charge < -0.3 is 10.1 Å². The maximum Gasteiger partial charge on any atom is 0.407 e. The van der Waals surface area contributed by atoms with Gasteiger partial charge in [0.15, 0.2) is 0 Å². The van der Waals surface area contributed by atoms with E-state index in [0.717, 1.165) is 5.56 Å². The molecular weight excluding hydrogens is 286 g/mol. The van der Waals surface area contributed by atoms with Crippen molar-refractivity contribution in [1.82, 2.24) is 5.32 Å². The molecule has 0 radical (unpaired) electrons. The maximum absolute atomic E-state index is 12.3. The van der Waals surface area contributed by atoms with E-state index < -0.39 is 6.09 Å². The van der Waals surface area contributed by atoms with Gasteiger partial charge in [0, 0.05) is 23.6 Å². The summed E-state index contributed by atoms with van der Waals surface area (Å²) in [6, 6.07) is 9.42. The van der Waals surface area contributed by atoms with Gasteiger partial charge in [-0.3, -0.25) is 4.79 Å². The predicted octanol–water partition coefficient (Wildman–Crippen LogP) is 2.72. The molecule has 0 heterocycles. The van der Waals surface area contributed by atoms with Crippen LogP contribution in [0.15, 0.2) is 30.3 Å². The summed E-state index contributed by atoms with van der Waals surface area (Å²) in [5.41, 5.74) is 1.06. The fourth-order valence-electron chi connectivity index (χ4n) is 2.22. The van der Waals surface area contributed by atoms with E-state index in [9.17, 15) is 9.59 Å². The van der Waals surface area contributed by atoms with Gasteiger partial charge in [0.05, 0.1) is 7.11 Å². The van der Waals surface area contributed by atoms with E-state index in [1.54, 1.807) is 0 Å². The van der Waals surface area contributed by atoms with Gasteiger partial charge >= 0.3 is 6.09 Å². The summed E-state index contributed by atoms with van der Waals surface area (Å²) in [4.78, 5) is 23.9. The lowest BCUT2D eigenvalue weighted by atomic mass is 9.87. The van der Waals surface area contributed by atoms with Crippen LogP contribution in [-0.4, -0.2) is 30.8 Å². The molecule has 1 amide bonds. The minimum Gasteiger partial charge on any atom is -0.453 e. The van der Waals surface area contributed by atoms with E-state index in [1.165, 1.54) is 7.11 Å². The molecule has 1 aromatic carbocycles. The number of hydrogen-bond donors (Lipinski definition) is 2. The smallest absolute Gasteiger partial charge is 0.407 e. The Morgan fingerprint density at radius 2 is 1.86 bits per heavy atom. The summed E-state index contributed by atoms with van der Waals surface area (Å²) in [6.07, 6.45) is 0.0406. The highest BCUT2D eigenvalue weighted by atomic mass is 32.1. The first-order valence-corrected chi connectivity index (χ1v) is 7.65.